The van der Waals surface area contributed by atoms with Crippen LogP contribution in [0.25, 0.3) is 0 Å². The molecule has 19 heavy (non-hydrogen) atoms. The van der Waals surface area contributed by atoms with Crippen LogP contribution in [0.5, 0.6) is 0 Å². The second-order valence-electron chi connectivity index (χ2n) is 7.49. The summed E-state index contributed by atoms with van der Waals surface area (Å²) in [5, 5.41) is 0. The lowest BCUT2D eigenvalue weighted by Crippen LogP contribution is -2.13. The molecule has 0 aliphatic carbocycles. The van der Waals surface area contributed by atoms with Gasteiger partial charge in [0.15, 0.2) is 0 Å². The first-order valence-corrected chi connectivity index (χ1v) is 6.90. The first-order chi connectivity index (χ1) is 7.85. The Morgan fingerprint density at radius 2 is 1.47 bits per heavy atom. The summed E-state index contributed by atoms with van der Waals surface area (Å²) in [5.41, 5.74) is 1.73. The topological polar surface area (TPSA) is 9.23 Å². The molecule has 1 nitrogen and oxygen atoms in total. The van der Waals surface area contributed by atoms with Gasteiger partial charge in [-0.1, -0.05) is 68.0 Å². The van der Waals surface area contributed by atoms with Crippen molar-refractivity contribution < 1.29 is 4.74 Å². The summed E-state index contributed by atoms with van der Waals surface area (Å²) in [6, 6.07) is 0. The fourth-order valence-corrected chi connectivity index (χ4v) is 1.15. The van der Waals surface area contributed by atoms with Crippen LogP contribution < -0.4 is 0 Å². The summed E-state index contributed by atoms with van der Waals surface area (Å²) in [4.78, 5) is 0. The van der Waals surface area contributed by atoms with E-state index in [1.165, 1.54) is 5.57 Å². The van der Waals surface area contributed by atoms with E-state index in [-0.39, 0.29) is 12.8 Å². The highest BCUT2D eigenvalue weighted by molar-refractivity contribution is 5.10. The molecule has 0 aromatic rings. The Bertz CT molecular complexity index is 310. The van der Waals surface area contributed by atoms with Crippen LogP contribution in [0.15, 0.2) is 24.0 Å². The number of hydrogen-bond acceptors (Lipinski definition) is 1. The summed E-state index contributed by atoms with van der Waals surface area (Å²) >= 11 is 0. The number of rotatable bonds is 0. The highest BCUT2D eigenvalue weighted by Crippen LogP contribution is 2.34. The van der Waals surface area contributed by atoms with Crippen molar-refractivity contribution in [2.75, 3.05) is 0 Å². The maximum Gasteiger partial charge on any atom is 0.102 e. The molecule has 114 valence electrons. The van der Waals surface area contributed by atoms with Gasteiger partial charge in [-0.25, -0.2) is 0 Å². The Morgan fingerprint density at radius 3 is 1.58 bits per heavy atom. The largest absolute Gasteiger partial charge is 0.494 e. The van der Waals surface area contributed by atoms with Gasteiger partial charge in [-0.2, -0.15) is 0 Å². The molecule has 1 rings (SSSR count). The Labute approximate surface area is 122 Å². The van der Waals surface area contributed by atoms with Crippen LogP contribution in [0.1, 0.15) is 69.7 Å². The summed E-state index contributed by atoms with van der Waals surface area (Å²) < 4.78 is 5.70. The van der Waals surface area contributed by atoms with Gasteiger partial charge in [0, 0.05) is 11.3 Å². The number of hydrogen-bond donors (Lipinski definition) is 0. The van der Waals surface area contributed by atoms with Crippen LogP contribution in [0.2, 0.25) is 0 Å². The summed E-state index contributed by atoms with van der Waals surface area (Å²) in [6.45, 7) is 23.2. The minimum Gasteiger partial charge on any atom is -0.494 e. The molecule has 0 fully saturated rings. The van der Waals surface area contributed by atoms with Crippen LogP contribution in [-0.2, 0) is 4.74 Å². The van der Waals surface area contributed by atoms with Gasteiger partial charge < -0.3 is 4.74 Å². The lowest BCUT2D eigenvalue weighted by molar-refractivity contribution is 0.0970. The first-order valence-electron chi connectivity index (χ1n) is 6.90. The Morgan fingerprint density at radius 1 is 1.11 bits per heavy atom. The molecular weight excluding hydrogens is 232 g/mol. The number of allylic oxidation sites excluding steroid dienone is 2. The minimum atomic E-state index is 0. The molecule has 0 saturated heterocycles. The van der Waals surface area contributed by atoms with Crippen molar-refractivity contribution in [3.05, 3.63) is 24.0 Å². The molecule has 1 heterocycles. The Hall–Kier alpha value is -0.720. The third-order valence-electron chi connectivity index (χ3n) is 3.49. The molecular formula is C18H36O. The summed E-state index contributed by atoms with van der Waals surface area (Å²) in [6.07, 6.45) is 2.61. The molecule has 2 unspecified atom stereocenters. The highest BCUT2D eigenvalue weighted by Gasteiger charge is 2.28. The number of ether oxygens (including phenoxy) is 1. The predicted octanol–water partition coefficient (Wildman–Crippen LogP) is 6.22. The average Bonchev–Trinajstić information content (AvgIpc) is 2.45. The van der Waals surface area contributed by atoms with Crippen molar-refractivity contribution >= 4 is 0 Å². The fourth-order valence-electron chi connectivity index (χ4n) is 1.15. The molecule has 0 aromatic carbocycles. The zero-order chi connectivity index (χ0) is 14.7. The van der Waals surface area contributed by atoms with E-state index in [9.17, 15) is 0 Å². The molecule has 1 aliphatic heterocycles. The SMILES string of the molecule is C.C=C(C)C(C)(C)C.CC1C=C(C(C)(C)C)OC1C. The fraction of sp³-hybridized carbons (Fsp3) is 0.778. The molecule has 0 spiro atoms. The third kappa shape index (κ3) is 7.44. The molecule has 0 amide bonds. The zero-order valence-electron chi connectivity index (χ0n) is 13.8. The Balaban J connectivity index is 0. The van der Waals surface area contributed by atoms with Gasteiger partial charge in [0.25, 0.3) is 0 Å². The zero-order valence-corrected chi connectivity index (χ0v) is 13.8. The first kappa shape index (κ1) is 20.6. The van der Waals surface area contributed by atoms with E-state index in [0.717, 1.165) is 5.76 Å². The minimum absolute atomic E-state index is 0. The van der Waals surface area contributed by atoms with Crippen molar-refractivity contribution in [1.29, 1.82) is 0 Å². The van der Waals surface area contributed by atoms with Crippen LogP contribution in [-0.4, -0.2) is 6.10 Å². The van der Waals surface area contributed by atoms with E-state index in [2.05, 4.69) is 75.0 Å². The normalized spacial score (nSPS) is 22.5. The Kier molecular flexibility index (Phi) is 7.77. The lowest BCUT2D eigenvalue weighted by Gasteiger charge is -2.21. The smallest absolute Gasteiger partial charge is 0.102 e. The molecule has 0 saturated carbocycles. The monoisotopic (exact) mass is 268 g/mol. The van der Waals surface area contributed by atoms with Crippen molar-refractivity contribution in [3.8, 4) is 0 Å². The third-order valence-corrected chi connectivity index (χ3v) is 3.49. The van der Waals surface area contributed by atoms with E-state index in [1.807, 2.05) is 0 Å². The van der Waals surface area contributed by atoms with Gasteiger partial charge in [-0.15, -0.1) is 0 Å². The van der Waals surface area contributed by atoms with Crippen molar-refractivity contribution in [1.82, 2.24) is 0 Å². The molecule has 0 aromatic heterocycles. The van der Waals surface area contributed by atoms with E-state index < -0.39 is 0 Å². The average molecular weight is 268 g/mol. The molecule has 0 bridgehead atoms. The quantitative estimate of drug-likeness (QED) is 0.474. The highest BCUT2D eigenvalue weighted by atomic mass is 16.5. The van der Waals surface area contributed by atoms with Gasteiger partial charge >= 0.3 is 0 Å². The maximum absolute atomic E-state index is 5.70. The maximum atomic E-state index is 5.70. The second kappa shape index (κ2) is 7.17. The predicted molar refractivity (Wildman–Crippen MR) is 88.2 cm³/mol. The van der Waals surface area contributed by atoms with Gasteiger partial charge in [-0.05, 0) is 25.3 Å². The van der Waals surface area contributed by atoms with Gasteiger partial charge in [0.05, 0.1) is 5.76 Å². The van der Waals surface area contributed by atoms with Crippen LogP contribution >= 0.6 is 0 Å². The van der Waals surface area contributed by atoms with E-state index in [0.29, 0.717) is 17.4 Å². The summed E-state index contributed by atoms with van der Waals surface area (Å²) in [7, 11) is 0. The lowest BCUT2D eigenvalue weighted by atomic mass is 9.89. The molecule has 0 N–H and O–H groups in total. The van der Waals surface area contributed by atoms with Crippen molar-refractivity contribution in [3.63, 3.8) is 0 Å². The van der Waals surface area contributed by atoms with E-state index in [4.69, 9.17) is 4.74 Å². The molecule has 0 radical (unpaired) electrons. The second-order valence-corrected chi connectivity index (χ2v) is 7.49. The molecule has 1 aliphatic rings. The standard InChI is InChI=1S/C10H18O.C7H14.CH4/c1-7-6-9(10(3,4)5)11-8(7)2;1-6(2)7(3,4)5;/h6-8H,1-5H3;1H2,2-5H3;1H4. The van der Waals surface area contributed by atoms with Gasteiger partial charge in [0.1, 0.15) is 6.10 Å². The van der Waals surface area contributed by atoms with Gasteiger partial charge in [0.2, 0.25) is 0 Å². The van der Waals surface area contributed by atoms with Crippen molar-refractivity contribution in [2.24, 2.45) is 16.7 Å². The van der Waals surface area contributed by atoms with E-state index in [1.54, 1.807) is 0 Å². The van der Waals surface area contributed by atoms with Gasteiger partial charge in [-0.3, -0.25) is 0 Å². The van der Waals surface area contributed by atoms with Crippen LogP contribution in [0.3, 0.4) is 0 Å². The van der Waals surface area contributed by atoms with E-state index >= 15 is 0 Å². The molecule has 2 atom stereocenters. The van der Waals surface area contributed by atoms with Crippen molar-refractivity contribution in [2.45, 2.75) is 75.8 Å². The molecule has 1 heteroatoms. The van der Waals surface area contributed by atoms with Crippen LogP contribution in [0.4, 0.5) is 0 Å². The summed E-state index contributed by atoms with van der Waals surface area (Å²) in [5.74, 6) is 1.72. The van der Waals surface area contributed by atoms with Crippen LogP contribution in [0, 0.1) is 16.7 Å².